The largest absolute Gasteiger partial charge is 0.338 e. The zero-order valence-electron chi connectivity index (χ0n) is 10.1. The number of nitrogens with one attached hydrogen (secondary N) is 1. The van der Waals surface area contributed by atoms with E-state index in [-0.39, 0.29) is 5.91 Å². The summed E-state index contributed by atoms with van der Waals surface area (Å²) in [5, 5.41) is 3.29. The van der Waals surface area contributed by atoms with Crippen molar-refractivity contribution in [3.05, 3.63) is 12.7 Å². The van der Waals surface area contributed by atoms with E-state index in [2.05, 4.69) is 25.7 Å². The molecular formula is C12H24N2O. The molecule has 1 amide bonds. The zero-order valence-corrected chi connectivity index (χ0v) is 10.1. The van der Waals surface area contributed by atoms with Crippen molar-refractivity contribution < 1.29 is 4.79 Å². The molecule has 0 aliphatic carbocycles. The van der Waals surface area contributed by atoms with Gasteiger partial charge in [0.2, 0.25) is 5.91 Å². The average Bonchev–Trinajstić information content (AvgIpc) is 2.27. The Morgan fingerprint density at radius 2 is 2.00 bits per heavy atom. The lowest BCUT2D eigenvalue weighted by atomic mass is 10.3. The summed E-state index contributed by atoms with van der Waals surface area (Å²) in [6.07, 6.45) is 4.70. The van der Waals surface area contributed by atoms with Crippen LogP contribution < -0.4 is 5.32 Å². The summed E-state index contributed by atoms with van der Waals surface area (Å²) in [7, 11) is 0. The van der Waals surface area contributed by atoms with Gasteiger partial charge in [-0.25, -0.2) is 0 Å². The van der Waals surface area contributed by atoms with Crippen LogP contribution in [-0.2, 0) is 4.79 Å². The summed E-state index contributed by atoms with van der Waals surface area (Å²) in [6.45, 7) is 11.3. The number of amides is 1. The molecule has 3 nitrogen and oxygen atoms in total. The van der Waals surface area contributed by atoms with Crippen molar-refractivity contribution in [1.82, 2.24) is 10.2 Å². The minimum atomic E-state index is 0.0433. The highest BCUT2D eigenvalue weighted by Crippen LogP contribution is 1.96. The maximum atomic E-state index is 11.5. The van der Waals surface area contributed by atoms with Gasteiger partial charge < -0.3 is 10.2 Å². The van der Waals surface area contributed by atoms with E-state index in [4.69, 9.17) is 0 Å². The van der Waals surface area contributed by atoms with Crippen LogP contribution in [0.4, 0.5) is 0 Å². The van der Waals surface area contributed by atoms with Gasteiger partial charge in [0.15, 0.2) is 0 Å². The fourth-order valence-corrected chi connectivity index (χ4v) is 1.33. The number of carbonyl (C=O) groups excluding carboxylic acids is 1. The second-order valence-corrected chi connectivity index (χ2v) is 3.63. The van der Waals surface area contributed by atoms with Gasteiger partial charge in [-0.05, 0) is 25.5 Å². The normalized spacial score (nSPS) is 10.0. The Morgan fingerprint density at radius 1 is 1.27 bits per heavy atom. The van der Waals surface area contributed by atoms with Crippen LogP contribution in [0.5, 0.6) is 0 Å². The van der Waals surface area contributed by atoms with E-state index in [0.717, 1.165) is 45.4 Å². The van der Waals surface area contributed by atoms with Gasteiger partial charge in [0.1, 0.15) is 0 Å². The molecule has 88 valence electrons. The molecule has 0 aromatic rings. The molecule has 0 fully saturated rings. The summed E-state index contributed by atoms with van der Waals surface area (Å²) in [5.74, 6) is 0.0433. The van der Waals surface area contributed by atoms with E-state index in [0.29, 0.717) is 0 Å². The maximum absolute atomic E-state index is 11.5. The van der Waals surface area contributed by atoms with Crippen molar-refractivity contribution >= 4 is 5.91 Å². The molecule has 0 spiro atoms. The molecule has 0 radical (unpaired) electrons. The quantitative estimate of drug-likeness (QED) is 0.467. The van der Waals surface area contributed by atoms with Crippen molar-refractivity contribution in [3.8, 4) is 0 Å². The molecule has 0 saturated heterocycles. The van der Waals surface area contributed by atoms with Crippen molar-refractivity contribution in [1.29, 1.82) is 0 Å². The van der Waals surface area contributed by atoms with Gasteiger partial charge in [-0.3, -0.25) is 4.79 Å². The van der Waals surface area contributed by atoms with Crippen LogP contribution in [0.3, 0.4) is 0 Å². The molecule has 15 heavy (non-hydrogen) atoms. The van der Waals surface area contributed by atoms with Crippen LogP contribution in [0.2, 0.25) is 0 Å². The molecule has 0 aliphatic heterocycles. The van der Waals surface area contributed by atoms with Crippen LogP contribution in [0, 0.1) is 0 Å². The van der Waals surface area contributed by atoms with Gasteiger partial charge in [0, 0.05) is 19.6 Å². The van der Waals surface area contributed by atoms with Gasteiger partial charge in [0.05, 0.1) is 0 Å². The van der Waals surface area contributed by atoms with Crippen LogP contribution in [0.25, 0.3) is 0 Å². The van der Waals surface area contributed by atoms with E-state index in [1.54, 1.807) is 0 Å². The predicted octanol–water partition coefficient (Wildman–Crippen LogP) is 1.80. The number of hydrogen-bond acceptors (Lipinski definition) is 2. The molecular weight excluding hydrogens is 188 g/mol. The second-order valence-electron chi connectivity index (χ2n) is 3.63. The van der Waals surface area contributed by atoms with E-state index in [9.17, 15) is 4.79 Å². The van der Waals surface area contributed by atoms with Crippen LogP contribution >= 0.6 is 0 Å². The molecule has 0 aliphatic rings. The third-order valence-corrected chi connectivity index (χ3v) is 2.25. The summed E-state index contributed by atoms with van der Waals surface area (Å²) < 4.78 is 0. The summed E-state index contributed by atoms with van der Waals surface area (Å²) in [6, 6.07) is 0. The Kier molecular flexibility index (Phi) is 9.18. The summed E-state index contributed by atoms with van der Waals surface area (Å²) in [5.41, 5.74) is 0. The fourth-order valence-electron chi connectivity index (χ4n) is 1.33. The number of hydrogen-bond donors (Lipinski definition) is 1. The predicted molar refractivity (Wildman–Crippen MR) is 64.8 cm³/mol. The minimum Gasteiger partial charge on any atom is -0.338 e. The SMILES string of the molecule is C=CC(=O)N(CCCC)CCNCCC. The third kappa shape index (κ3) is 7.14. The number of nitrogens with zero attached hydrogens (tertiary/aromatic N) is 1. The van der Waals surface area contributed by atoms with Crippen molar-refractivity contribution in [2.45, 2.75) is 33.1 Å². The summed E-state index contributed by atoms with van der Waals surface area (Å²) >= 11 is 0. The molecule has 0 saturated carbocycles. The smallest absolute Gasteiger partial charge is 0.245 e. The monoisotopic (exact) mass is 212 g/mol. The minimum absolute atomic E-state index is 0.0433. The first-order valence-corrected chi connectivity index (χ1v) is 5.88. The van der Waals surface area contributed by atoms with Crippen molar-refractivity contribution in [2.75, 3.05) is 26.2 Å². The Bertz CT molecular complexity index is 180. The Balaban J connectivity index is 3.79. The molecule has 0 aromatic heterocycles. The topological polar surface area (TPSA) is 32.3 Å². The lowest BCUT2D eigenvalue weighted by Crippen LogP contribution is -2.36. The Morgan fingerprint density at radius 3 is 2.53 bits per heavy atom. The fraction of sp³-hybridized carbons (Fsp3) is 0.750. The average molecular weight is 212 g/mol. The first kappa shape index (κ1) is 14.2. The zero-order chi connectivity index (χ0) is 11.5. The second kappa shape index (κ2) is 9.71. The highest BCUT2D eigenvalue weighted by molar-refractivity contribution is 5.86. The van der Waals surface area contributed by atoms with Crippen LogP contribution in [-0.4, -0.2) is 37.0 Å². The molecule has 0 rings (SSSR count). The standard InChI is InChI=1S/C12H24N2O/c1-4-7-10-14(12(15)6-3)11-9-13-8-5-2/h6,13H,3-5,7-11H2,1-2H3. The molecule has 0 aromatic carbocycles. The number of unbranched alkanes of at least 4 members (excludes halogenated alkanes) is 1. The van der Waals surface area contributed by atoms with Gasteiger partial charge in [-0.1, -0.05) is 26.8 Å². The molecule has 0 bridgehead atoms. The first-order chi connectivity index (χ1) is 7.26. The lowest BCUT2D eigenvalue weighted by Gasteiger charge is -2.21. The number of rotatable bonds is 9. The summed E-state index contributed by atoms with van der Waals surface area (Å²) in [4.78, 5) is 13.3. The Labute approximate surface area is 93.5 Å². The lowest BCUT2D eigenvalue weighted by molar-refractivity contribution is -0.126. The molecule has 0 heterocycles. The van der Waals surface area contributed by atoms with E-state index in [1.807, 2.05) is 4.90 Å². The third-order valence-electron chi connectivity index (χ3n) is 2.25. The van der Waals surface area contributed by atoms with E-state index in [1.165, 1.54) is 6.08 Å². The van der Waals surface area contributed by atoms with Crippen molar-refractivity contribution in [3.63, 3.8) is 0 Å². The van der Waals surface area contributed by atoms with Gasteiger partial charge in [0.25, 0.3) is 0 Å². The number of carbonyl (C=O) groups is 1. The highest BCUT2D eigenvalue weighted by atomic mass is 16.2. The van der Waals surface area contributed by atoms with Crippen LogP contribution in [0.15, 0.2) is 12.7 Å². The van der Waals surface area contributed by atoms with Gasteiger partial charge in [-0.15, -0.1) is 0 Å². The van der Waals surface area contributed by atoms with Gasteiger partial charge >= 0.3 is 0 Å². The van der Waals surface area contributed by atoms with E-state index >= 15 is 0 Å². The molecule has 0 atom stereocenters. The first-order valence-electron chi connectivity index (χ1n) is 5.88. The Hall–Kier alpha value is -0.830. The van der Waals surface area contributed by atoms with Gasteiger partial charge in [-0.2, -0.15) is 0 Å². The molecule has 0 unspecified atom stereocenters. The van der Waals surface area contributed by atoms with E-state index < -0.39 is 0 Å². The van der Waals surface area contributed by atoms with Crippen molar-refractivity contribution in [2.24, 2.45) is 0 Å². The molecule has 3 heteroatoms. The van der Waals surface area contributed by atoms with Crippen LogP contribution in [0.1, 0.15) is 33.1 Å². The molecule has 1 N–H and O–H groups in total. The maximum Gasteiger partial charge on any atom is 0.245 e. The highest BCUT2D eigenvalue weighted by Gasteiger charge is 2.07.